The zero-order valence-corrected chi connectivity index (χ0v) is 13.1. The van der Waals surface area contributed by atoms with Crippen LogP contribution in [-0.2, 0) is 9.59 Å². The van der Waals surface area contributed by atoms with Crippen molar-refractivity contribution < 1.29 is 9.59 Å². The van der Waals surface area contributed by atoms with Crippen molar-refractivity contribution in [3.63, 3.8) is 0 Å². The van der Waals surface area contributed by atoms with Crippen LogP contribution in [0, 0.1) is 0 Å². The number of carbonyl (C=O) groups is 2. The Bertz CT molecular complexity index is 501. The zero-order chi connectivity index (χ0) is 15.3. The number of nitrogens with zero attached hydrogens (tertiary/aromatic N) is 1. The van der Waals surface area contributed by atoms with Crippen LogP contribution in [0.4, 0.5) is 5.69 Å². The summed E-state index contributed by atoms with van der Waals surface area (Å²) in [6, 6.07) is 9.22. The number of hydrogen-bond acceptors (Lipinski definition) is 4. The molecule has 1 atom stereocenters. The average Bonchev–Trinajstić information content (AvgIpc) is 2.53. The SMILES string of the molecule is CC(=O)NC(CS)C(=O)[N+]1(c2ccccc2)CCNCC1. The summed E-state index contributed by atoms with van der Waals surface area (Å²) in [7, 11) is 0. The van der Waals surface area contributed by atoms with Crippen molar-refractivity contribution >= 4 is 30.1 Å². The molecule has 0 spiro atoms. The van der Waals surface area contributed by atoms with E-state index in [1.807, 2.05) is 30.3 Å². The highest BCUT2D eigenvalue weighted by Crippen LogP contribution is 2.25. The Hall–Kier alpha value is -1.37. The van der Waals surface area contributed by atoms with Crippen LogP contribution in [0.2, 0.25) is 0 Å². The van der Waals surface area contributed by atoms with Crippen molar-refractivity contribution in [2.75, 3.05) is 31.9 Å². The molecule has 6 heteroatoms. The molecule has 1 aliphatic heterocycles. The summed E-state index contributed by atoms with van der Waals surface area (Å²) >= 11 is 4.24. The van der Waals surface area contributed by atoms with Gasteiger partial charge in [-0.15, -0.1) is 0 Å². The van der Waals surface area contributed by atoms with Gasteiger partial charge < -0.3 is 10.6 Å². The third-order valence-electron chi connectivity index (χ3n) is 3.87. The number of carbonyl (C=O) groups excluding carboxylic acids is 2. The molecular weight excluding hydrogens is 286 g/mol. The molecule has 0 radical (unpaired) electrons. The van der Waals surface area contributed by atoms with Crippen LogP contribution in [-0.4, -0.2) is 49.8 Å². The van der Waals surface area contributed by atoms with Crippen LogP contribution in [0.5, 0.6) is 0 Å². The molecule has 2 rings (SSSR count). The molecule has 0 aliphatic carbocycles. The van der Waals surface area contributed by atoms with Gasteiger partial charge in [-0.25, -0.2) is 9.28 Å². The molecule has 1 aromatic rings. The number of hydrogen-bond donors (Lipinski definition) is 3. The highest BCUT2D eigenvalue weighted by Gasteiger charge is 2.44. The van der Waals surface area contributed by atoms with E-state index in [-0.39, 0.29) is 16.3 Å². The molecule has 0 aromatic heterocycles. The van der Waals surface area contributed by atoms with Gasteiger partial charge in [0.25, 0.3) is 0 Å². The van der Waals surface area contributed by atoms with Gasteiger partial charge in [0.2, 0.25) is 5.91 Å². The fourth-order valence-electron chi connectivity index (χ4n) is 2.82. The standard InChI is InChI=1S/C15H21N3O2S/c1-12(19)17-14(11-21)15(20)18(9-7-16-8-10-18)13-5-3-2-4-6-13/h2-6,14,16H,7-11H2,1H3,(H-,17,19,21)/p+1. The van der Waals surface area contributed by atoms with Gasteiger partial charge in [-0.3, -0.25) is 4.79 Å². The molecule has 0 saturated carbocycles. The maximum atomic E-state index is 13.1. The molecule has 1 saturated heterocycles. The number of rotatable bonds is 4. The highest BCUT2D eigenvalue weighted by atomic mass is 32.1. The minimum absolute atomic E-state index is 0.00731. The molecular formula is C15H22N3O2S+. The van der Waals surface area contributed by atoms with Crippen LogP contribution in [0.3, 0.4) is 0 Å². The van der Waals surface area contributed by atoms with Crippen molar-refractivity contribution in [3.05, 3.63) is 30.3 Å². The minimum atomic E-state index is -0.566. The second kappa shape index (κ2) is 7.06. The first kappa shape index (κ1) is 16.0. The van der Waals surface area contributed by atoms with Crippen LogP contribution >= 0.6 is 12.6 Å². The van der Waals surface area contributed by atoms with Crippen LogP contribution in [0.15, 0.2) is 30.3 Å². The van der Waals surface area contributed by atoms with E-state index in [0.29, 0.717) is 18.8 Å². The fourth-order valence-corrected chi connectivity index (χ4v) is 3.07. The Morgan fingerprint density at radius 3 is 2.43 bits per heavy atom. The summed E-state index contributed by atoms with van der Waals surface area (Å²) in [5, 5.41) is 6.01. The number of thiol groups is 1. The van der Waals surface area contributed by atoms with E-state index >= 15 is 0 Å². The molecule has 1 aromatic carbocycles. The topological polar surface area (TPSA) is 58.2 Å². The predicted octanol–water partition coefficient (Wildman–Crippen LogP) is 0.558. The van der Waals surface area contributed by atoms with Crippen molar-refractivity contribution in [1.82, 2.24) is 15.1 Å². The number of para-hydroxylation sites is 1. The van der Waals surface area contributed by atoms with Gasteiger partial charge in [0, 0.05) is 25.8 Å². The number of nitrogens with one attached hydrogen (secondary N) is 2. The van der Waals surface area contributed by atoms with Gasteiger partial charge in [0.15, 0.2) is 6.04 Å². The van der Waals surface area contributed by atoms with Gasteiger partial charge in [-0.1, -0.05) is 18.2 Å². The summed E-state index contributed by atoms with van der Waals surface area (Å²) in [5.74, 6) is 0.107. The van der Waals surface area contributed by atoms with E-state index < -0.39 is 6.04 Å². The molecule has 2 amide bonds. The third kappa shape index (κ3) is 3.45. The Morgan fingerprint density at radius 1 is 1.29 bits per heavy atom. The Morgan fingerprint density at radius 2 is 1.90 bits per heavy atom. The highest BCUT2D eigenvalue weighted by molar-refractivity contribution is 7.80. The van der Waals surface area contributed by atoms with Crippen LogP contribution < -0.4 is 15.1 Å². The summed E-state index contributed by atoms with van der Waals surface area (Å²) in [6.45, 7) is 4.35. The molecule has 114 valence electrons. The zero-order valence-electron chi connectivity index (χ0n) is 12.2. The maximum Gasteiger partial charge on any atom is 0.342 e. The lowest BCUT2D eigenvalue weighted by molar-refractivity contribution is -0.135. The lowest BCUT2D eigenvalue weighted by Gasteiger charge is -2.40. The Labute approximate surface area is 130 Å². The van der Waals surface area contributed by atoms with E-state index in [4.69, 9.17) is 0 Å². The van der Waals surface area contributed by atoms with Gasteiger partial charge in [0.1, 0.15) is 18.8 Å². The molecule has 0 bridgehead atoms. The van der Waals surface area contributed by atoms with Crippen LogP contribution in [0.25, 0.3) is 0 Å². The van der Waals surface area contributed by atoms with Crippen molar-refractivity contribution in [2.24, 2.45) is 0 Å². The Balaban J connectivity index is 2.35. The number of quaternary nitrogens is 1. The van der Waals surface area contributed by atoms with Crippen molar-refractivity contribution in [3.8, 4) is 0 Å². The first-order valence-electron chi connectivity index (χ1n) is 7.16. The van der Waals surface area contributed by atoms with E-state index in [1.54, 1.807) is 0 Å². The first-order chi connectivity index (χ1) is 10.1. The number of benzene rings is 1. The smallest absolute Gasteiger partial charge is 0.340 e. The van der Waals surface area contributed by atoms with Crippen molar-refractivity contribution in [1.29, 1.82) is 0 Å². The molecule has 2 N–H and O–H groups in total. The quantitative estimate of drug-likeness (QED) is 0.563. The molecule has 5 nitrogen and oxygen atoms in total. The number of amides is 2. The van der Waals surface area contributed by atoms with Crippen molar-refractivity contribution in [2.45, 2.75) is 13.0 Å². The normalized spacial score (nSPS) is 18.8. The summed E-state index contributed by atoms with van der Waals surface area (Å²) < 4.78 is 0.263. The fraction of sp³-hybridized carbons (Fsp3) is 0.467. The molecule has 1 unspecified atom stereocenters. The molecule has 1 fully saturated rings. The van der Waals surface area contributed by atoms with Gasteiger partial charge in [0.05, 0.1) is 0 Å². The minimum Gasteiger partial charge on any atom is -0.340 e. The molecule has 1 heterocycles. The van der Waals surface area contributed by atoms with E-state index in [9.17, 15) is 9.59 Å². The largest absolute Gasteiger partial charge is 0.342 e. The monoisotopic (exact) mass is 308 g/mol. The summed E-state index contributed by atoms with van der Waals surface area (Å²) in [5.41, 5.74) is 0.973. The number of piperazine rings is 1. The second-order valence-electron chi connectivity index (χ2n) is 5.27. The summed E-state index contributed by atoms with van der Waals surface area (Å²) in [6.07, 6.45) is 0. The van der Waals surface area contributed by atoms with Gasteiger partial charge in [-0.05, 0) is 12.1 Å². The lowest BCUT2D eigenvalue weighted by atomic mass is 10.1. The third-order valence-corrected chi connectivity index (χ3v) is 4.24. The van der Waals surface area contributed by atoms with E-state index in [2.05, 4.69) is 23.3 Å². The molecule has 1 aliphatic rings. The van der Waals surface area contributed by atoms with Gasteiger partial charge in [-0.2, -0.15) is 12.6 Å². The lowest BCUT2D eigenvalue weighted by Crippen LogP contribution is -2.68. The molecule has 21 heavy (non-hydrogen) atoms. The average molecular weight is 308 g/mol. The van der Waals surface area contributed by atoms with Crippen LogP contribution in [0.1, 0.15) is 6.92 Å². The summed E-state index contributed by atoms with van der Waals surface area (Å²) in [4.78, 5) is 24.4. The first-order valence-corrected chi connectivity index (χ1v) is 7.79. The van der Waals surface area contributed by atoms with E-state index in [0.717, 1.165) is 18.8 Å². The Kier molecular flexibility index (Phi) is 5.39. The maximum absolute atomic E-state index is 13.1. The van der Waals surface area contributed by atoms with E-state index in [1.165, 1.54) is 6.92 Å². The second-order valence-corrected chi connectivity index (χ2v) is 5.64. The predicted molar refractivity (Wildman–Crippen MR) is 87.3 cm³/mol. The van der Waals surface area contributed by atoms with Gasteiger partial charge >= 0.3 is 5.91 Å².